The van der Waals surface area contributed by atoms with Gasteiger partial charge in [0.15, 0.2) is 0 Å². The molecule has 1 atom stereocenters. The lowest BCUT2D eigenvalue weighted by atomic mass is 9.84. The number of H-pyrrole nitrogens is 1. The van der Waals surface area contributed by atoms with Crippen LogP contribution in [0.3, 0.4) is 0 Å². The van der Waals surface area contributed by atoms with Gasteiger partial charge in [0.05, 0.1) is 24.4 Å². The van der Waals surface area contributed by atoms with E-state index in [2.05, 4.69) is 46.1 Å². The molecule has 0 saturated carbocycles. The number of amides is 1. The number of pyridine rings is 1. The molecule has 0 aliphatic carbocycles. The molecule has 0 spiro atoms. The van der Waals surface area contributed by atoms with Crippen molar-refractivity contribution >= 4 is 16.8 Å². The van der Waals surface area contributed by atoms with Crippen LogP contribution >= 0.6 is 0 Å². The van der Waals surface area contributed by atoms with E-state index in [9.17, 15) is 4.79 Å². The molecule has 36 heavy (non-hydrogen) atoms. The molecule has 7 heteroatoms. The summed E-state index contributed by atoms with van der Waals surface area (Å²) in [6, 6.07) is 16.2. The van der Waals surface area contributed by atoms with Crippen molar-refractivity contribution < 1.29 is 11.0 Å². The average Bonchev–Trinajstić information content (AvgIpc) is 3.35. The topological polar surface area (TPSA) is 74.3 Å². The van der Waals surface area contributed by atoms with Crippen molar-refractivity contribution in [1.29, 1.82) is 0 Å². The lowest BCUT2D eigenvalue weighted by Crippen LogP contribution is -2.55. The fraction of sp³-hybridized carbons (Fsp3) is 0.345. The molecule has 1 N–H and O–H groups in total. The first kappa shape index (κ1) is 24.0. The van der Waals surface area contributed by atoms with Gasteiger partial charge in [-0.25, -0.2) is 0 Å². The van der Waals surface area contributed by atoms with Crippen LogP contribution in [-0.4, -0.2) is 63.7 Å². The Balaban J connectivity index is 0.00000320. The normalized spacial score (nSPS) is 15.1. The van der Waals surface area contributed by atoms with Crippen LogP contribution in [0.25, 0.3) is 22.0 Å². The number of nitrogens with one attached hydrogen (secondary N) is 1. The standard InChI is InChI=1S/C29H33N5O2.H2/c1-5-36-26-13-21(11-12-24(26)20-9-7-6-8-10-20)29(35)33(4)28(23-17-34(18-23)19(2)3)25-16-30-14-22-15-31-32-27(22)25;/h6-16,19,23,28H,5,17-18H2,1-4H3,(H,31,32);1H/t28-;/m0./s1. The predicted molar refractivity (Wildman–Crippen MR) is 144 cm³/mol. The first-order valence-corrected chi connectivity index (χ1v) is 12.6. The van der Waals surface area contributed by atoms with Gasteiger partial charge >= 0.3 is 0 Å². The molecule has 1 fully saturated rings. The van der Waals surface area contributed by atoms with Crippen LogP contribution in [0.1, 0.15) is 44.2 Å². The van der Waals surface area contributed by atoms with Gasteiger partial charge in [-0.15, -0.1) is 0 Å². The SMILES string of the molecule is CCOc1cc(C(=O)N(C)[C@H](c2cncc3cn[nH]c23)C2CN(C(C)C)C2)ccc1-c1ccccc1.[HH]. The summed E-state index contributed by atoms with van der Waals surface area (Å²) in [7, 11) is 1.89. The van der Waals surface area contributed by atoms with Crippen molar-refractivity contribution in [2.24, 2.45) is 5.92 Å². The van der Waals surface area contributed by atoms with Gasteiger partial charge < -0.3 is 14.5 Å². The molecule has 1 saturated heterocycles. The van der Waals surface area contributed by atoms with Gasteiger partial charge in [-0.1, -0.05) is 30.3 Å². The summed E-state index contributed by atoms with van der Waals surface area (Å²) in [5, 5.41) is 8.31. The Labute approximate surface area is 213 Å². The van der Waals surface area contributed by atoms with Gasteiger partial charge in [-0.3, -0.25) is 14.9 Å². The van der Waals surface area contributed by atoms with Crippen LogP contribution in [0.4, 0.5) is 0 Å². The van der Waals surface area contributed by atoms with Gasteiger partial charge in [0.25, 0.3) is 5.91 Å². The molecule has 4 aromatic rings. The van der Waals surface area contributed by atoms with E-state index in [4.69, 9.17) is 4.74 Å². The lowest BCUT2D eigenvalue weighted by Gasteiger charge is -2.48. The maximum absolute atomic E-state index is 13.9. The number of benzene rings is 2. The molecule has 2 aromatic heterocycles. The number of hydrogen-bond donors (Lipinski definition) is 1. The summed E-state index contributed by atoms with van der Waals surface area (Å²) in [5.41, 5.74) is 4.58. The summed E-state index contributed by atoms with van der Waals surface area (Å²) in [6.07, 6.45) is 5.46. The highest BCUT2D eigenvalue weighted by atomic mass is 16.5. The minimum absolute atomic E-state index is 0. The van der Waals surface area contributed by atoms with E-state index in [0.717, 1.165) is 40.7 Å². The van der Waals surface area contributed by atoms with E-state index >= 15 is 0 Å². The highest BCUT2D eigenvalue weighted by Gasteiger charge is 2.40. The molecular weight excluding hydrogens is 450 g/mol. The molecule has 2 aromatic carbocycles. The molecule has 7 nitrogen and oxygen atoms in total. The van der Waals surface area contributed by atoms with E-state index in [1.807, 2.05) is 61.5 Å². The number of carbonyl (C=O) groups excluding carboxylic acids is 1. The monoisotopic (exact) mass is 485 g/mol. The van der Waals surface area contributed by atoms with Crippen molar-refractivity contribution in [1.82, 2.24) is 25.0 Å². The molecule has 3 heterocycles. The fourth-order valence-electron chi connectivity index (χ4n) is 5.18. The number of ether oxygens (including phenoxy) is 1. The molecule has 0 radical (unpaired) electrons. The number of likely N-dealkylation sites (tertiary alicyclic amines) is 1. The molecule has 188 valence electrons. The Morgan fingerprint density at radius 2 is 1.94 bits per heavy atom. The Kier molecular flexibility index (Phi) is 6.74. The van der Waals surface area contributed by atoms with Gasteiger partial charge in [-0.05, 0) is 44.5 Å². The Morgan fingerprint density at radius 1 is 1.17 bits per heavy atom. The van der Waals surface area contributed by atoms with Gasteiger partial charge in [0.1, 0.15) is 5.75 Å². The largest absolute Gasteiger partial charge is 0.493 e. The number of aromatic nitrogens is 3. The fourth-order valence-corrected chi connectivity index (χ4v) is 5.18. The first-order chi connectivity index (χ1) is 17.5. The molecule has 0 bridgehead atoms. The summed E-state index contributed by atoms with van der Waals surface area (Å²) in [4.78, 5) is 22.7. The minimum Gasteiger partial charge on any atom is -0.493 e. The third-order valence-corrected chi connectivity index (χ3v) is 7.17. The number of nitrogens with zero attached hydrogens (tertiary/aromatic N) is 4. The summed E-state index contributed by atoms with van der Waals surface area (Å²) in [6.45, 7) is 8.77. The zero-order valence-electron chi connectivity index (χ0n) is 21.3. The van der Waals surface area contributed by atoms with E-state index in [-0.39, 0.29) is 13.4 Å². The maximum Gasteiger partial charge on any atom is 0.254 e. The van der Waals surface area contributed by atoms with Crippen molar-refractivity contribution in [3.8, 4) is 16.9 Å². The number of hydrogen-bond acceptors (Lipinski definition) is 5. The van der Waals surface area contributed by atoms with Gasteiger partial charge in [-0.2, -0.15) is 5.10 Å². The molecule has 1 amide bonds. The quantitative estimate of drug-likeness (QED) is 0.361. The van der Waals surface area contributed by atoms with Crippen LogP contribution in [-0.2, 0) is 0 Å². The van der Waals surface area contributed by atoms with Crippen molar-refractivity contribution in [2.75, 3.05) is 26.7 Å². The van der Waals surface area contributed by atoms with Crippen LogP contribution in [0, 0.1) is 5.92 Å². The summed E-state index contributed by atoms with van der Waals surface area (Å²) >= 11 is 0. The summed E-state index contributed by atoms with van der Waals surface area (Å²) < 4.78 is 5.97. The third-order valence-electron chi connectivity index (χ3n) is 7.17. The highest BCUT2D eigenvalue weighted by molar-refractivity contribution is 5.96. The van der Waals surface area contributed by atoms with Crippen LogP contribution in [0.5, 0.6) is 5.75 Å². The van der Waals surface area contributed by atoms with Gasteiger partial charge in [0, 0.05) is 68.0 Å². The molecule has 5 rings (SSSR count). The zero-order valence-corrected chi connectivity index (χ0v) is 21.3. The van der Waals surface area contributed by atoms with Crippen molar-refractivity contribution in [2.45, 2.75) is 32.9 Å². The smallest absolute Gasteiger partial charge is 0.254 e. The average molecular weight is 486 g/mol. The molecule has 1 aliphatic heterocycles. The van der Waals surface area contributed by atoms with Crippen molar-refractivity contribution in [3.05, 3.63) is 78.2 Å². The van der Waals surface area contributed by atoms with Gasteiger partial charge in [0.2, 0.25) is 0 Å². The van der Waals surface area contributed by atoms with E-state index in [1.165, 1.54) is 0 Å². The first-order valence-electron chi connectivity index (χ1n) is 12.6. The number of rotatable bonds is 8. The lowest BCUT2D eigenvalue weighted by molar-refractivity contribution is 0.0104. The molecular formula is C29H35N5O2. The van der Waals surface area contributed by atoms with E-state index in [1.54, 1.807) is 12.4 Å². The zero-order chi connectivity index (χ0) is 25.2. The van der Waals surface area contributed by atoms with Crippen LogP contribution in [0.2, 0.25) is 0 Å². The van der Waals surface area contributed by atoms with Crippen LogP contribution in [0.15, 0.2) is 67.1 Å². The van der Waals surface area contributed by atoms with Crippen molar-refractivity contribution in [3.63, 3.8) is 0 Å². The minimum atomic E-state index is -0.131. The van der Waals surface area contributed by atoms with E-state index < -0.39 is 0 Å². The number of carbonyl (C=O) groups is 1. The Hall–Kier alpha value is -3.71. The second-order valence-electron chi connectivity index (χ2n) is 9.74. The predicted octanol–water partition coefficient (Wildman–Crippen LogP) is 5.42. The second kappa shape index (κ2) is 10.1. The number of fused-ring (bicyclic) bond motifs is 1. The van der Waals surface area contributed by atoms with E-state index in [0.29, 0.717) is 29.9 Å². The maximum atomic E-state index is 13.9. The molecule has 1 aliphatic rings. The molecule has 0 unspecified atom stereocenters. The summed E-state index contributed by atoms with van der Waals surface area (Å²) in [5.74, 6) is 0.971. The second-order valence-corrected chi connectivity index (χ2v) is 9.74. The third kappa shape index (κ3) is 4.46. The highest BCUT2D eigenvalue weighted by Crippen LogP contribution is 2.39. The van der Waals surface area contributed by atoms with Crippen LogP contribution < -0.4 is 4.74 Å². The Bertz CT molecular complexity index is 1350. The number of aromatic amines is 1. The Morgan fingerprint density at radius 3 is 2.67 bits per heavy atom.